The number of piperidine rings is 1. The molecule has 3 nitrogen and oxygen atoms in total. The van der Waals surface area contributed by atoms with Gasteiger partial charge in [-0.1, -0.05) is 0 Å². The van der Waals surface area contributed by atoms with Gasteiger partial charge in [0.15, 0.2) is 5.78 Å². The Bertz CT molecular complexity index is 428. The summed E-state index contributed by atoms with van der Waals surface area (Å²) in [5.74, 6) is 0.671. The van der Waals surface area contributed by atoms with Crippen molar-refractivity contribution in [2.45, 2.75) is 50.6 Å². The minimum Gasteiger partial charge on any atom is -0.300 e. The van der Waals surface area contributed by atoms with Crippen LogP contribution in [0.15, 0.2) is 5.38 Å². The van der Waals surface area contributed by atoms with Gasteiger partial charge in [0.1, 0.15) is 5.69 Å². The van der Waals surface area contributed by atoms with Crippen molar-refractivity contribution in [3.63, 3.8) is 0 Å². The molecule has 2 bridgehead atoms. The molecule has 2 unspecified atom stereocenters. The minimum atomic E-state index is 0.0865. The molecule has 2 atom stereocenters. The molecule has 0 radical (unpaired) electrons. The second-order valence-electron chi connectivity index (χ2n) is 5.35. The predicted molar refractivity (Wildman–Crippen MR) is 68.7 cm³/mol. The fourth-order valence-corrected chi connectivity index (χ4v) is 4.24. The van der Waals surface area contributed by atoms with Crippen LogP contribution in [-0.2, 0) is 0 Å². The molecule has 0 aliphatic carbocycles. The van der Waals surface area contributed by atoms with Crippen molar-refractivity contribution in [3.8, 4) is 0 Å². The number of hydrogen-bond donors (Lipinski definition) is 0. The Morgan fingerprint density at radius 1 is 1.41 bits per heavy atom. The van der Waals surface area contributed by atoms with Crippen molar-refractivity contribution in [2.24, 2.45) is 0 Å². The lowest BCUT2D eigenvalue weighted by molar-refractivity contribution is 0.101. The first-order valence-corrected chi connectivity index (χ1v) is 7.21. The molecule has 17 heavy (non-hydrogen) atoms. The zero-order chi connectivity index (χ0) is 12.0. The Labute approximate surface area is 106 Å². The van der Waals surface area contributed by atoms with E-state index in [1.54, 1.807) is 18.3 Å². The first-order valence-electron chi connectivity index (χ1n) is 6.33. The molecule has 0 N–H and O–H groups in total. The summed E-state index contributed by atoms with van der Waals surface area (Å²) in [6.45, 7) is 1.59. The first kappa shape index (κ1) is 11.4. The van der Waals surface area contributed by atoms with Crippen LogP contribution in [0.25, 0.3) is 0 Å². The van der Waals surface area contributed by atoms with Crippen molar-refractivity contribution in [1.82, 2.24) is 9.88 Å². The van der Waals surface area contributed by atoms with Gasteiger partial charge in [-0.05, 0) is 32.7 Å². The van der Waals surface area contributed by atoms with Gasteiger partial charge in [-0.15, -0.1) is 11.3 Å². The van der Waals surface area contributed by atoms with Crippen LogP contribution >= 0.6 is 11.3 Å². The lowest BCUT2D eigenvalue weighted by atomic mass is 9.92. The molecule has 0 aromatic carbocycles. The van der Waals surface area contributed by atoms with Gasteiger partial charge >= 0.3 is 0 Å². The Hall–Kier alpha value is -0.740. The van der Waals surface area contributed by atoms with Gasteiger partial charge in [-0.25, -0.2) is 4.98 Å². The van der Waals surface area contributed by atoms with Crippen molar-refractivity contribution in [2.75, 3.05) is 7.05 Å². The average Bonchev–Trinajstić information content (AvgIpc) is 2.83. The third-order valence-corrected chi connectivity index (χ3v) is 5.34. The average molecular weight is 250 g/mol. The summed E-state index contributed by atoms with van der Waals surface area (Å²) in [7, 11) is 2.25. The number of thiazole rings is 1. The molecular weight excluding hydrogens is 232 g/mol. The summed E-state index contributed by atoms with van der Waals surface area (Å²) >= 11 is 1.67. The molecule has 2 saturated heterocycles. The standard InChI is InChI=1S/C13H18N2OS/c1-8(16)12-7-17-13(14-12)9-5-10-3-4-11(6-9)15(10)2/h7,9-11H,3-6H2,1-2H3. The number of fused-ring (bicyclic) bond motifs is 2. The highest BCUT2D eigenvalue weighted by atomic mass is 32.1. The summed E-state index contributed by atoms with van der Waals surface area (Å²) in [4.78, 5) is 18.3. The number of carbonyl (C=O) groups is 1. The number of aromatic nitrogens is 1. The molecule has 92 valence electrons. The van der Waals surface area contributed by atoms with Crippen LogP contribution in [0.1, 0.15) is 54.0 Å². The van der Waals surface area contributed by atoms with Crippen LogP contribution in [0.4, 0.5) is 0 Å². The van der Waals surface area contributed by atoms with E-state index in [-0.39, 0.29) is 5.78 Å². The molecule has 0 amide bonds. The van der Waals surface area contributed by atoms with Crippen LogP contribution in [0.5, 0.6) is 0 Å². The Morgan fingerprint density at radius 3 is 2.59 bits per heavy atom. The molecule has 2 aliphatic heterocycles. The number of rotatable bonds is 2. The highest BCUT2D eigenvalue weighted by molar-refractivity contribution is 7.09. The summed E-state index contributed by atoms with van der Waals surface area (Å²) < 4.78 is 0. The highest BCUT2D eigenvalue weighted by Gasteiger charge is 2.39. The van der Waals surface area contributed by atoms with Gasteiger partial charge in [0.05, 0.1) is 5.01 Å². The summed E-state index contributed by atoms with van der Waals surface area (Å²) in [6, 6.07) is 1.48. The number of hydrogen-bond acceptors (Lipinski definition) is 4. The van der Waals surface area contributed by atoms with Crippen LogP contribution in [-0.4, -0.2) is 34.8 Å². The van der Waals surface area contributed by atoms with E-state index >= 15 is 0 Å². The van der Waals surface area contributed by atoms with E-state index < -0.39 is 0 Å². The molecule has 2 fully saturated rings. The topological polar surface area (TPSA) is 33.2 Å². The van der Waals surface area contributed by atoms with Crippen LogP contribution in [0, 0.1) is 0 Å². The second-order valence-corrected chi connectivity index (χ2v) is 6.24. The Morgan fingerprint density at radius 2 is 2.06 bits per heavy atom. The lowest BCUT2D eigenvalue weighted by Gasteiger charge is -2.35. The molecule has 1 aromatic heterocycles. The van der Waals surface area contributed by atoms with E-state index in [9.17, 15) is 4.79 Å². The molecule has 3 rings (SSSR count). The van der Waals surface area contributed by atoms with Gasteiger partial charge < -0.3 is 4.90 Å². The number of Topliss-reactive ketones (excluding diaryl/α,β-unsaturated/α-hetero) is 1. The van der Waals surface area contributed by atoms with E-state index in [0.29, 0.717) is 11.6 Å². The molecule has 0 saturated carbocycles. The first-order chi connectivity index (χ1) is 8.15. The maximum Gasteiger partial charge on any atom is 0.178 e. The van der Waals surface area contributed by atoms with E-state index in [0.717, 1.165) is 12.1 Å². The van der Waals surface area contributed by atoms with Crippen molar-refractivity contribution in [1.29, 1.82) is 0 Å². The van der Waals surface area contributed by atoms with Crippen molar-refractivity contribution in [3.05, 3.63) is 16.1 Å². The quantitative estimate of drug-likeness (QED) is 0.757. The molecule has 0 spiro atoms. The fraction of sp³-hybridized carbons (Fsp3) is 0.692. The normalized spacial score (nSPS) is 32.9. The van der Waals surface area contributed by atoms with Crippen molar-refractivity contribution >= 4 is 17.1 Å². The van der Waals surface area contributed by atoms with E-state index in [1.165, 1.54) is 30.7 Å². The summed E-state index contributed by atoms with van der Waals surface area (Å²) in [5, 5.41) is 3.10. The zero-order valence-corrected chi connectivity index (χ0v) is 11.2. The van der Waals surface area contributed by atoms with Crippen LogP contribution in [0.2, 0.25) is 0 Å². The van der Waals surface area contributed by atoms with Crippen molar-refractivity contribution < 1.29 is 4.79 Å². The van der Waals surface area contributed by atoms with Gasteiger partial charge in [0.25, 0.3) is 0 Å². The SMILES string of the molecule is CC(=O)c1csc(C2CC3CCC(C2)N3C)n1. The van der Waals surface area contributed by atoms with Gasteiger partial charge in [-0.3, -0.25) is 4.79 Å². The molecule has 4 heteroatoms. The third kappa shape index (κ3) is 1.93. The Balaban J connectivity index is 1.79. The second kappa shape index (κ2) is 4.18. The maximum absolute atomic E-state index is 11.3. The van der Waals surface area contributed by atoms with Crippen LogP contribution in [0.3, 0.4) is 0 Å². The predicted octanol–water partition coefficient (Wildman–Crippen LogP) is 2.69. The number of carbonyl (C=O) groups excluding carboxylic acids is 1. The highest BCUT2D eigenvalue weighted by Crippen LogP contribution is 2.42. The third-order valence-electron chi connectivity index (χ3n) is 4.33. The maximum atomic E-state index is 11.3. The largest absolute Gasteiger partial charge is 0.300 e. The van der Waals surface area contributed by atoms with Gasteiger partial charge in [-0.2, -0.15) is 0 Å². The lowest BCUT2D eigenvalue weighted by Crippen LogP contribution is -2.39. The Kier molecular flexibility index (Phi) is 2.79. The van der Waals surface area contributed by atoms with Crippen LogP contribution < -0.4 is 0 Å². The van der Waals surface area contributed by atoms with E-state index in [1.807, 2.05) is 5.38 Å². The zero-order valence-electron chi connectivity index (χ0n) is 10.3. The smallest absolute Gasteiger partial charge is 0.178 e. The summed E-state index contributed by atoms with van der Waals surface area (Å²) in [5.41, 5.74) is 0.649. The van der Waals surface area contributed by atoms with E-state index in [4.69, 9.17) is 0 Å². The number of ketones is 1. The van der Waals surface area contributed by atoms with E-state index in [2.05, 4.69) is 16.9 Å². The summed E-state index contributed by atoms with van der Waals surface area (Å²) in [6.07, 6.45) is 5.11. The van der Waals surface area contributed by atoms with Gasteiger partial charge in [0, 0.05) is 30.3 Å². The molecule has 3 heterocycles. The molecular formula is C13H18N2OS. The van der Waals surface area contributed by atoms with Gasteiger partial charge in [0.2, 0.25) is 0 Å². The molecule has 1 aromatic rings. The minimum absolute atomic E-state index is 0.0865. The fourth-order valence-electron chi connectivity index (χ4n) is 3.25. The monoisotopic (exact) mass is 250 g/mol. The molecule has 2 aliphatic rings. The number of nitrogens with zero attached hydrogens (tertiary/aromatic N) is 2.